The van der Waals surface area contributed by atoms with Gasteiger partial charge in [0.2, 0.25) is 10.0 Å². The highest BCUT2D eigenvalue weighted by Crippen LogP contribution is 2.29. The van der Waals surface area contributed by atoms with Crippen LogP contribution in [0.15, 0.2) is 41.6 Å². The summed E-state index contributed by atoms with van der Waals surface area (Å²) in [6.45, 7) is 0.136. The predicted octanol–water partition coefficient (Wildman–Crippen LogP) is 2.14. The second-order valence-corrected chi connectivity index (χ2v) is 7.54. The zero-order valence-corrected chi connectivity index (χ0v) is 13.8. The lowest BCUT2D eigenvalue weighted by molar-refractivity contribution is 0.0696. The average molecular weight is 346 g/mol. The molecule has 0 atom stereocenters. The first kappa shape index (κ1) is 16.6. The van der Waals surface area contributed by atoms with Crippen LogP contribution in [0.25, 0.3) is 0 Å². The van der Waals surface area contributed by atoms with Crippen LogP contribution in [-0.2, 0) is 29.4 Å². The third kappa shape index (κ3) is 3.47. The first-order valence-electron chi connectivity index (χ1n) is 7.75. The van der Waals surface area contributed by atoms with Gasteiger partial charge in [-0.25, -0.2) is 17.9 Å². The molecule has 1 aliphatic rings. The topological polar surface area (TPSA) is 96.4 Å². The smallest absolute Gasteiger partial charge is 0.335 e. The van der Waals surface area contributed by atoms with E-state index in [1.807, 2.05) is 0 Å². The van der Waals surface area contributed by atoms with Gasteiger partial charge in [-0.15, -0.1) is 0 Å². The number of rotatable bonds is 5. The normalized spacial score (nSPS) is 14.2. The molecule has 0 saturated carbocycles. The quantitative estimate of drug-likeness (QED) is 0.864. The molecule has 24 heavy (non-hydrogen) atoms. The number of hydrogen-bond donors (Lipinski definition) is 2. The van der Waals surface area contributed by atoms with E-state index < -0.39 is 16.0 Å². The summed E-state index contributed by atoms with van der Waals surface area (Å²) in [6.07, 6.45) is 6.41. The van der Waals surface area contributed by atoms with Crippen LogP contribution in [0.2, 0.25) is 0 Å². The Kier molecular flexibility index (Phi) is 4.64. The Balaban J connectivity index is 1.97. The van der Waals surface area contributed by atoms with Gasteiger partial charge in [-0.2, -0.15) is 0 Å². The van der Waals surface area contributed by atoms with Gasteiger partial charge >= 0.3 is 5.97 Å². The summed E-state index contributed by atoms with van der Waals surface area (Å²) in [7, 11) is -3.79. The number of nitrogens with zero attached hydrogens (tertiary/aromatic N) is 1. The summed E-state index contributed by atoms with van der Waals surface area (Å²) in [6, 6.07) is 6.32. The van der Waals surface area contributed by atoms with Crippen LogP contribution in [0.1, 0.15) is 39.9 Å². The van der Waals surface area contributed by atoms with Crippen molar-refractivity contribution in [1.82, 2.24) is 9.71 Å². The standard InChI is InChI=1S/C17H18N2O4S/c20-17(21)14-9-13-3-1-2-4-15(13)16(10-14)24(22,23)19-11-12-5-7-18-8-6-12/h5-10,19H,1-4,11H2,(H,20,21). The monoisotopic (exact) mass is 346 g/mol. The molecule has 0 aliphatic heterocycles. The minimum absolute atomic E-state index is 0.0138. The van der Waals surface area contributed by atoms with E-state index in [0.29, 0.717) is 12.8 Å². The maximum absolute atomic E-state index is 12.7. The van der Waals surface area contributed by atoms with Crippen molar-refractivity contribution in [3.63, 3.8) is 0 Å². The average Bonchev–Trinajstić information content (AvgIpc) is 2.60. The van der Waals surface area contributed by atoms with E-state index in [-0.39, 0.29) is 17.0 Å². The van der Waals surface area contributed by atoms with Crippen molar-refractivity contribution in [3.8, 4) is 0 Å². The van der Waals surface area contributed by atoms with Gasteiger partial charge in [-0.3, -0.25) is 4.98 Å². The number of aryl methyl sites for hydroxylation is 1. The lowest BCUT2D eigenvalue weighted by Crippen LogP contribution is -2.26. The van der Waals surface area contributed by atoms with E-state index in [1.54, 1.807) is 30.6 Å². The Hall–Kier alpha value is -2.25. The molecule has 0 amide bonds. The maximum Gasteiger partial charge on any atom is 0.335 e. The molecule has 1 aromatic heterocycles. The van der Waals surface area contributed by atoms with Gasteiger partial charge < -0.3 is 5.11 Å². The van der Waals surface area contributed by atoms with E-state index >= 15 is 0 Å². The lowest BCUT2D eigenvalue weighted by atomic mass is 9.90. The summed E-state index contributed by atoms with van der Waals surface area (Å²) in [5.41, 5.74) is 2.37. The molecule has 3 rings (SSSR count). The van der Waals surface area contributed by atoms with E-state index in [1.165, 1.54) is 6.07 Å². The van der Waals surface area contributed by atoms with E-state index in [9.17, 15) is 18.3 Å². The van der Waals surface area contributed by atoms with Gasteiger partial charge in [0.1, 0.15) is 0 Å². The second kappa shape index (κ2) is 6.70. The van der Waals surface area contributed by atoms with Gasteiger partial charge in [0, 0.05) is 18.9 Å². The molecule has 0 spiro atoms. The van der Waals surface area contributed by atoms with Gasteiger partial charge in [0.05, 0.1) is 10.5 Å². The zero-order chi connectivity index (χ0) is 17.2. The number of sulfonamides is 1. The van der Waals surface area contributed by atoms with Crippen LogP contribution < -0.4 is 4.72 Å². The maximum atomic E-state index is 12.7. The van der Waals surface area contributed by atoms with E-state index in [4.69, 9.17) is 0 Å². The van der Waals surface area contributed by atoms with Crippen LogP contribution in [-0.4, -0.2) is 24.5 Å². The fourth-order valence-corrected chi connectivity index (χ4v) is 4.30. The molecule has 2 N–H and O–H groups in total. The molecule has 2 aromatic rings. The largest absolute Gasteiger partial charge is 0.478 e. The number of benzene rings is 1. The molecule has 0 unspecified atom stereocenters. The molecule has 126 valence electrons. The molecular formula is C17H18N2O4S. The van der Waals surface area contributed by atoms with Crippen molar-refractivity contribution < 1.29 is 18.3 Å². The van der Waals surface area contributed by atoms with Crippen LogP contribution >= 0.6 is 0 Å². The minimum atomic E-state index is -3.79. The number of fused-ring (bicyclic) bond motifs is 1. The highest BCUT2D eigenvalue weighted by Gasteiger charge is 2.25. The summed E-state index contributed by atoms with van der Waals surface area (Å²) in [5, 5.41) is 9.26. The van der Waals surface area contributed by atoms with Gasteiger partial charge in [0.15, 0.2) is 0 Å². The van der Waals surface area contributed by atoms with Crippen LogP contribution in [0, 0.1) is 0 Å². The minimum Gasteiger partial charge on any atom is -0.478 e. The Labute approximate surface area is 140 Å². The third-order valence-corrected chi connectivity index (χ3v) is 5.64. The van der Waals surface area contributed by atoms with E-state index in [2.05, 4.69) is 9.71 Å². The molecule has 0 fully saturated rings. The highest BCUT2D eigenvalue weighted by atomic mass is 32.2. The predicted molar refractivity (Wildman–Crippen MR) is 88.3 cm³/mol. The van der Waals surface area contributed by atoms with Gasteiger partial charge in [0.25, 0.3) is 0 Å². The lowest BCUT2D eigenvalue weighted by Gasteiger charge is -2.20. The molecule has 0 radical (unpaired) electrons. The first-order valence-corrected chi connectivity index (χ1v) is 9.23. The Morgan fingerprint density at radius 3 is 2.58 bits per heavy atom. The number of hydrogen-bond acceptors (Lipinski definition) is 4. The number of aromatic carboxylic acids is 1. The van der Waals surface area contributed by atoms with E-state index in [0.717, 1.165) is 29.5 Å². The van der Waals surface area contributed by atoms with Gasteiger partial charge in [-0.05, 0) is 66.6 Å². The Morgan fingerprint density at radius 2 is 1.88 bits per heavy atom. The van der Waals surface area contributed by atoms with Crippen molar-refractivity contribution in [2.75, 3.05) is 0 Å². The van der Waals surface area contributed by atoms with Crippen LogP contribution in [0.4, 0.5) is 0 Å². The van der Waals surface area contributed by atoms with Crippen LogP contribution in [0.5, 0.6) is 0 Å². The number of nitrogens with one attached hydrogen (secondary N) is 1. The number of carboxylic acid groups (broad SMARTS) is 1. The molecule has 7 heteroatoms. The first-order chi connectivity index (χ1) is 11.5. The summed E-state index contributed by atoms with van der Waals surface area (Å²) < 4.78 is 28.0. The van der Waals surface area contributed by atoms with Gasteiger partial charge in [-0.1, -0.05) is 0 Å². The van der Waals surface area contributed by atoms with Crippen molar-refractivity contribution in [3.05, 3.63) is 58.9 Å². The van der Waals surface area contributed by atoms with Crippen molar-refractivity contribution in [1.29, 1.82) is 0 Å². The zero-order valence-electron chi connectivity index (χ0n) is 13.0. The highest BCUT2D eigenvalue weighted by molar-refractivity contribution is 7.89. The number of pyridine rings is 1. The molecule has 1 aromatic carbocycles. The van der Waals surface area contributed by atoms with Crippen molar-refractivity contribution in [2.24, 2.45) is 0 Å². The van der Waals surface area contributed by atoms with Crippen LogP contribution in [0.3, 0.4) is 0 Å². The fraction of sp³-hybridized carbons (Fsp3) is 0.294. The van der Waals surface area contributed by atoms with Crippen molar-refractivity contribution >= 4 is 16.0 Å². The summed E-state index contributed by atoms with van der Waals surface area (Å²) in [4.78, 5) is 15.3. The molecule has 1 aliphatic carbocycles. The molecule has 0 bridgehead atoms. The molecule has 0 saturated heterocycles. The van der Waals surface area contributed by atoms with Crippen molar-refractivity contribution in [2.45, 2.75) is 37.1 Å². The number of aromatic nitrogens is 1. The fourth-order valence-electron chi connectivity index (χ4n) is 2.95. The molecule has 6 nitrogen and oxygen atoms in total. The number of carbonyl (C=O) groups is 1. The molecular weight excluding hydrogens is 328 g/mol. The summed E-state index contributed by atoms with van der Waals surface area (Å²) in [5.74, 6) is -1.12. The molecule has 1 heterocycles. The Morgan fingerprint density at radius 1 is 1.17 bits per heavy atom. The third-order valence-electron chi connectivity index (χ3n) is 4.18. The Bertz CT molecular complexity index is 864. The SMILES string of the molecule is O=C(O)c1cc2c(c(S(=O)(=O)NCc3ccncc3)c1)CCCC2. The second-order valence-electron chi connectivity index (χ2n) is 5.80. The number of carboxylic acids is 1. The summed E-state index contributed by atoms with van der Waals surface area (Å²) >= 11 is 0.